The Balaban J connectivity index is 1.90. The molecular formula is C9H11N3O3. The molecule has 2 heterocycles. The molecule has 1 aliphatic heterocycles. The summed E-state index contributed by atoms with van der Waals surface area (Å²) >= 11 is 0. The molecule has 1 aromatic heterocycles. The second kappa shape index (κ2) is 4.12. The minimum absolute atomic E-state index is 0.136. The predicted octanol–water partition coefficient (Wildman–Crippen LogP) is 0.608. The molecule has 0 aliphatic carbocycles. The van der Waals surface area contributed by atoms with Gasteiger partial charge in [-0.3, -0.25) is 0 Å². The van der Waals surface area contributed by atoms with E-state index in [0.29, 0.717) is 25.5 Å². The maximum Gasteiger partial charge on any atom is 0.407 e. The fourth-order valence-electron chi connectivity index (χ4n) is 1.49. The maximum atomic E-state index is 10.6. The van der Waals surface area contributed by atoms with Crippen molar-refractivity contribution in [1.29, 1.82) is 0 Å². The lowest BCUT2D eigenvalue weighted by atomic mass is 10.3. The van der Waals surface area contributed by atoms with Crippen LogP contribution in [0.15, 0.2) is 18.5 Å². The van der Waals surface area contributed by atoms with Gasteiger partial charge in [-0.2, -0.15) is 0 Å². The molecule has 1 atom stereocenters. The number of ether oxygens (including phenoxy) is 1. The first-order chi connectivity index (χ1) is 7.25. The standard InChI is InChI=1S/C9H11N3O3/c13-9(14)12-5-2-7(6-12)15-8-10-3-1-4-11-8/h1,3-4,7H,2,5-6H2,(H,13,14). The van der Waals surface area contributed by atoms with Crippen molar-refractivity contribution in [3.05, 3.63) is 18.5 Å². The fourth-order valence-corrected chi connectivity index (χ4v) is 1.49. The van der Waals surface area contributed by atoms with E-state index in [1.165, 1.54) is 4.90 Å². The van der Waals surface area contributed by atoms with Gasteiger partial charge in [0, 0.05) is 25.4 Å². The molecule has 1 amide bonds. The SMILES string of the molecule is O=C(O)N1CCC(Oc2ncccn2)C1. The molecule has 1 aromatic rings. The zero-order valence-electron chi connectivity index (χ0n) is 8.04. The van der Waals surface area contributed by atoms with Gasteiger partial charge in [0.15, 0.2) is 0 Å². The molecule has 0 aromatic carbocycles. The Labute approximate surface area is 86.5 Å². The second-order valence-electron chi connectivity index (χ2n) is 3.29. The summed E-state index contributed by atoms with van der Waals surface area (Å²) in [5.74, 6) is 0. The van der Waals surface area contributed by atoms with Crippen LogP contribution in [0.1, 0.15) is 6.42 Å². The minimum atomic E-state index is -0.907. The van der Waals surface area contributed by atoms with Crippen LogP contribution in [-0.4, -0.2) is 45.3 Å². The Morgan fingerprint density at radius 2 is 2.27 bits per heavy atom. The van der Waals surface area contributed by atoms with Gasteiger partial charge in [0.25, 0.3) is 0 Å². The van der Waals surface area contributed by atoms with Crippen LogP contribution < -0.4 is 4.74 Å². The number of aromatic nitrogens is 2. The highest BCUT2D eigenvalue weighted by atomic mass is 16.5. The molecule has 0 spiro atoms. The van der Waals surface area contributed by atoms with Crippen molar-refractivity contribution in [2.24, 2.45) is 0 Å². The Bertz CT molecular complexity index is 344. The molecule has 80 valence electrons. The quantitative estimate of drug-likeness (QED) is 0.772. The Morgan fingerprint density at radius 1 is 1.53 bits per heavy atom. The molecule has 1 N–H and O–H groups in total. The highest BCUT2D eigenvalue weighted by molar-refractivity contribution is 5.65. The molecule has 6 heteroatoms. The Hall–Kier alpha value is -1.85. The zero-order valence-corrected chi connectivity index (χ0v) is 8.04. The van der Waals surface area contributed by atoms with Crippen LogP contribution in [0, 0.1) is 0 Å². The lowest BCUT2D eigenvalue weighted by molar-refractivity contribution is 0.143. The lowest BCUT2D eigenvalue weighted by Gasteiger charge is -2.12. The van der Waals surface area contributed by atoms with E-state index in [-0.39, 0.29) is 6.10 Å². The molecule has 2 rings (SSSR count). The fraction of sp³-hybridized carbons (Fsp3) is 0.444. The summed E-state index contributed by atoms with van der Waals surface area (Å²) in [5, 5.41) is 8.74. The molecule has 0 saturated carbocycles. The van der Waals surface area contributed by atoms with Crippen LogP contribution in [0.25, 0.3) is 0 Å². The van der Waals surface area contributed by atoms with Crippen LogP contribution in [0.4, 0.5) is 4.79 Å². The van der Waals surface area contributed by atoms with Gasteiger partial charge in [-0.05, 0) is 6.07 Å². The normalized spacial score (nSPS) is 20.3. The van der Waals surface area contributed by atoms with Crippen molar-refractivity contribution >= 4 is 6.09 Å². The average Bonchev–Trinajstić information content (AvgIpc) is 2.68. The van der Waals surface area contributed by atoms with E-state index in [1.807, 2.05) is 0 Å². The van der Waals surface area contributed by atoms with Gasteiger partial charge in [0.2, 0.25) is 0 Å². The molecule has 1 fully saturated rings. The summed E-state index contributed by atoms with van der Waals surface area (Å²) in [4.78, 5) is 19.8. The first-order valence-electron chi connectivity index (χ1n) is 4.67. The van der Waals surface area contributed by atoms with E-state index >= 15 is 0 Å². The van der Waals surface area contributed by atoms with Crippen molar-refractivity contribution in [1.82, 2.24) is 14.9 Å². The van der Waals surface area contributed by atoms with Crippen LogP contribution in [0.3, 0.4) is 0 Å². The molecule has 1 unspecified atom stereocenters. The van der Waals surface area contributed by atoms with E-state index in [1.54, 1.807) is 18.5 Å². The number of rotatable bonds is 2. The summed E-state index contributed by atoms with van der Waals surface area (Å²) in [5.41, 5.74) is 0. The van der Waals surface area contributed by atoms with Crippen LogP contribution >= 0.6 is 0 Å². The van der Waals surface area contributed by atoms with Crippen LogP contribution in [0.2, 0.25) is 0 Å². The third kappa shape index (κ3) is 2.34. The van der Waals surface area contributed by atoms with Crippen molar-refractivity contribution in [2.75, 3.05) is 13.1 Å². The first-order valence-corrected chi connectivity index (χ1v) is 4.67. The van der Waals surface area contributed by atoms with E-state index in [9.17, 15) is 4.79 Å². The lowest BCUT2D eigenvalue weighted by Crippen LogP contribution is -2.29. The Morgan fingerprint density at radius 3 is 2.87 bits per heavy atom. The number of likely N-dealkylation sites (tertiary alicyclic amines) is 1. The number of amides is 1. The topological polar surface area (TPSA) is 75.5 Å². The largest absolute Gasteiger partial charge is 0.465 e. The van der Waals surface area contributed by atoms with E-state index in [4.69, 9.17) is 9.84 Å². The first kappa shape index (κ1) is 9.70. The molecule has 0 bridgehead atoms. The number of carboxylic acid groups (broad SMARTS) is 1. The summed E-state index contributed by atoms with van der Waals surface area (Å²) in [7, 11) is 0. The molecule has 15 heavy (non-hydrogen) atoms. The van der Waals surface area contributed by atoms with Crippen molar-refractivity contribution in [3.8, 4) is 6.01 Å². The third-order valence-electron chi connectivity index (χ3n) is 2.23. The summed E-state index contributed by atoms with van der Waals surface area (Å²) in [6.07, 6.45) is 2.82. The van der Waals surface area contributed by atoms with Gasteiger partial charge >= 0.3 is 12.1 Å². The predicted molar refractivity (Wildman–Crippen MR) is 50.7 cm³/mol. The molecule has 6 nitrogen and oxygen atoms in total. The van der Waals surface area contributed by atoms with Gasteiger partial charge in [-0.1, -0.05) is 0 Å². The van der Waals surface area contributed by atoms with E-state index in [2.05, 4.69) is 9.97 Å². The van der Waals surface area contributed by atoms with Gasteiger partial charge in [-0.15, -0.1) is 0 Å². The summed E-state index contributed by atoms with van der Waals surface area (Å²) in [6, 6.07) is 2.00. The number of carbonyl (C=O) groups is 1. The molecular weight excluding hydrogens is 198 g/mol. The zero-order chi connectivity index (χ0) is 10.7. The third-order valence-corrected chi connectivity index (χ3v) is 2.23. The smallest absolute Gasteiger partial charge is 0.407 e. The van der Waals surface area contributed by atoms with E-state index in [0.717, 1.165) is 0 Å². The highest BCUT2D eigenvalue weighted by Gasteiger charge is 2.27. The maximum absolute atomic E-state index is 10.6. The van der Waals surface area contributed by atoms with Crippen LogP contribution in [0.5, 0.6) is 6.01 Å². The van der Waals surface area contributed by atoms with Crippen molar-refractivity contribution in [2.45, 2.75) is 12.5 Å². The number of hydrogen-bond donors (Lipinski definition) is 1. The van der Waals surface area contributed by atoms with Gasteiger partial charge in [0.1, 0.15) is 6.10 Å². The van der Waals surface area contributed by atoms with Gasteiger partial charge < -0.3 is 14.7 Å². The van der Waals surface area contributed by atoms with Gasteiger partial charge in [-0.25, -0.2) is 14.8 Å². The Kier molecular flexibility index (Phi) is 2.66. The van der Waals surface area contributed by atoms with Gasteiger partial charge in [0.05, 0.1) is 6.54 Å². The molecule has 0 radical (unpaired) electrons. The molecule has 1 saturated heterocycles. The summed E-state index contributed by atoms with van der Waals surface area (Å²) in [6.45, 7) is 0.889. The summed E-state index contributed by atoms with van der Waals surface area (Å²) < 4.78 is 5.43. The van der Waals surface area contributed by atoms with Crippen molar-refractivity contribution in [3.63, 3.8) is 0 Å². The number of hydrogen-bond acceptors (Lipinski definition) is 4. The average molecular weight is 209 g/mol. The highest BCUT2D eigenvalue weighted by Crippen LogP contribution is 2.14. The number of nitrogens with zero attached hydrogens (tertiary/aromatic N) is 3. The monoisotopic (exact) mass is 209 g/mol. The van der Waals surface area contributed by atoms with E-state index < -0.39 is 6.09 Å². The van der Waals surface area contributed by atoms with Crippen molar-refractivity contribution < 1.29 is 14.6 Å². The second-order valence-corrected chi connectivity index (χ2v) is 3.29. The van der Waals surface area contributed by atoms with Crippen LogP contribution in [-0.2, 0) is 0 Å². The molecule has 1 aliphatic rings. The minimum Gasteiger partial charge on any atom is -0.465 e.